The molecule has 1 aromatic rings. The Labute approximate surface area is 102 Å². The van der Waals surface area contributed by atoms with Gasteiger partial charge in [0, 0.05) is 18.1 Å². The van der Waals surface area contributed by atoms with E-state index >= 15 is 0 Å². The summed E-state index contributed by atoms with van der Waals surface area (Å²) in [5, 5.41) is 4.05. The lowest BCUT2D eigenvalue weighted by molar-refractivity contribution is 0.412. The predicted octanol–water partition coefficient (Wildman–Crippen LogP) is 2.64. The van der Waals surface area contributed by atoms with Crippen molar-refractivity contribution in [1.29, 1.82) is 0 Å². The van der Waals surface area contributed by atoms with Gasteiger partial charge in [0.15, 0.2) is 0 Å². The average molecular weight is 243 g/mol. The van der Waals surface area contributed by atoms with Gasteiger partial charge in [-0.25, -0.2) is 0 Å². The molecule has 4 heteroatoms. The summed E-state index contributed by atoms with van der Waals surface area (Å²) in [5.74, 6) is 0.854. The molecule has 0 bridgehead atoms. The quantitative estimate of drug-likeness (QED) is 0.854. The Balaban J connectivity index is 3.33. The molecule has 0 radical (unpaired) electrons. The molecule has 0 aromatic heterocycles. The Morgan fingerprint density at radius 2 is 1.81 bits per heavy atom. The first-order chi connectivity index (χ1) is 7.54. The summed E-state index contributed by atoms with van der Waals surface area (Å²) < 4.78 is 5.43. The maximum absolute atomic E-state index is 6.27. The number of anilines is 1. The zero-order valence-electron chi connectivity index (χ0n) is 10.3. The van der Waals surface area contributed by atoms with Gasteiger partial charge in [0.1, 0.15) is 5.75 Å². The van der Waals surface area contributed by atoms with Crippen LogP contribution in [0.5, 0.6) is 5.75 Å². The fourth-order valence-electron chi connectivity index (χ4n) is 1.75. The van der Waals surface area contributed by atoms with Gasteiger partial charge in [0.05, 0.1) is 12.8 Å². The molecule has 3 nitrogen and oxygen atoms in total. The number of benzene rings is 1. The summed E-state index contributed by atoms with van der Waals surface area (Å²) >= 11 is 6.27. The Hall–Kier alpha value is -0.930. The van der Waals surface area contributed by atoms with Crippen molar-refractivity contribution in [2.24, 2.45) is 5.73 Å². The van der Waals surface area contributed by atoms with Gasteiger partial charge < -0.3 is 15.8 Å². The lowest BCUT2D eigenvalue weighted by atomic mass is 10.0. The van der Waals surface area contributed by atoms with Crippen molar-refractivity contribution in [3.05, 3.63) is 21.7 Å². The van der Waals surface area contributed by atoms with Crippen LogP contribution in [0.1, 0.15) is 16.7 Å². The molecule has 0 aliphatic rings. The minimum atomic E-state index is 0.577. The maximum Gasteiger partial charge on any atom is 0.145 e. The molecule has 0 spiro atoms. The van der Waals surface area contributed by atoms with Crippen LogP contribution in [-0.2, 0) is 0 Å². The Bertz CT molecular complexity index is 391. The Morgan fingerprint density at radius 1 is 1.19 bits per heavy atom. The predicted molar refractivity (Wildman–Crippen MR) is 69.8 cm³/mol. The molecule has 0 saturated heterocycles. The zero-order chi connectivity index (χ0) is 12.3. The summed E-state index contributed by atoms with van der Waals surface area (Å²) in [7, 11) is 1.67. The van der Waals surface area contributed by atoms with E-state index in [0.29, 0.717) is 13.1 Å². The third-order valence-electron chi connectivity index (χ3n) is 2.81. The Morgan fingerprint density at radius 3 is 2.31 bits per heavy atom. The van der Waals surface area contributed by atoms with Crippen LogP contribution < -0.4 is 15.8 Å². The van der Waals surface area contributed by atoms with E-state index < -0.39 is 0 Å². The Kier molecular flexibility index (Phi) is 4.44. The van der Waals surface area contributed by atoms with Crippen molar-refractivity contribution in [2.75, 3.05) is 25.5 Å². The number of hydrogen-bond acceptors (Lipinski definition) is 3. The van der Waals surface area contributed by atoms with Gasteiger partial charge in [0.2, 0.25) is 0 Å². The summed E-state index contributed by atoms with van der Waals surface area (Å²) in [6.07, 6.45) is 0. The number of nitrogens with two attached hydrogens (primary N) is 1. The lowest BCUT2D eigenvalue weighted by Crippen LogP contribution is -2.15. The van der Waals surface area contributed by atoms with E-state index in [1.165, 1.54) is 0 Å². The SMILES string of the molecule is COc1c(C)c(C)c(Cl)c(C)c1NCCN. The van der Waals surface area contributed by atoms with Gasteiger partial charge in [-0.3, -0.25) is 0 Å². The first kappa shape index (κ1) is 13.1. The number of methoxy groups -OCH3 is 1. The van der Waals surface area contributed by atoms with E-state index in [0.717, 1.165) is 33.1 Å². The standard InChI is InChI=1S/C12H19ClN2O/c1-7-8(2)12(16-4)11(15-6-5-14)9(3)10(7)13/h15H,5-6,14H2,1-4H3. The fourth-order valence-corrected chi connectivity index (χ4v) is 1.99. The molecule has 90 valence electrons. The number of hydrogen-bond donors (Lipinski definition) is 2. The molecule has 0 aliphatic carbocycles. The van der Waals surface area contributed by atoms with E-state index in [9.17, 15) is 0 Å². The van der Waals surface area contributed by atoms with E-state index in [1.54, 1.807) is 7.11 Å². The summed E-state index contributed by atoms with van der Waals surface area (Å²) in [6, 6.07) is 0. The lowest BCUT2D eigenvalue weighted by Gasteiger charge is -2.19. The number of halogens is 1. The average Bonchev–Trinajstić information content (AvgIpc) is 2.29. The summed E-state index contributed by atoms with van der Waals surface area (Å²) in [6.45, 7) is 7.27. The van der Waals surface area contributed by atoms with Crippen molar-refractivity contribution >= 4 is 17.3 Å². The van der Waals surface area contributed by atoms with Crippen molar-refractivity contribution in [2.45, 2.75) is 20.8 Å². The third-order valence-corrected chi connectivity index (χ3v) is 3.38. The van der Waals surface area contributed by atoms with Crippen LogP contribution >= 0.6 is 11.6 Å². The highest BCUT2D eigenvalue weighted by molar-refractivity contribution is 6.32. The molecular formula is C12H19ClN2O. The monoisotopic (exact) mass is 242 g/mol. The summed E-state index contributed by atoms with van der Waals surface area (Å²) in [4.78, 5) is 0. The molecule has 0 saturated carbocycles. The van der Waals surface area contributed by atoms with Gasteiger partial charge in [-0.15, -0.1) is 0 Å². The second kappa shape index (κ2) is 5.41. The summed E-state index contributed by atoms with van der Waals surface area (Å²) in [5.41, 5.74) is 9.57. The van der Waals surface area contributed by atoms with Crippen molar-refractivity contribution in [3.63, 3.8) is 0 Å². The normalized spacial score (nSPS) is 10.4. The molecule has 0 fully saturated rings. The van der Waals surface area contributed by atoms with Crippen LogP contribution in [0.4, 0.5) is 5.69 Å². The molecule has 1 rings (SSSR count). The van der Waals surface area contributed by atoms with Gasteiger partial charge in [-0.2, -0.15) is 0 Å². The third kappa shape index (κ3) is 2.25. The van der Waals surface area contributed by atoms with Gasteiger partial charge in [-0.05, 0) is 37.5 Å². The second-order valence-corrected chi connectivity index (χ2v) is 4.19. The molecule has 0 heterocycles. The van der Waals surface area contributed by atoms with Crippen LogP contribution in [-0.4, -0.2) is 20.2 Å². The van der Waals surface area contributed by atoms with E-state index in [-0.39, 0.29) is 0 Å². The number of nitrogens with one attached hydrogen (secondary N) is 1. The largest absolute Gasteiger partial charge is 0.494 e. The minimum Gasteiger partial charge on any atom is -0.494 e. The van der Waals surface area contributed by atoms with Gasteiger partial charge in [0.25, 0.3) is 0 Å². The smallest absolute Gasteiger partial charge is 0.145 e. The van der Waals surface area contributed by atoms with Crippen LogP contribution in [0.2, 0.25) is 5.02 Å². The minimum absolute atomic E-state index is 0.577. The first-order valence-electron chi connectivity index (χ1n) is 5.31. The topological polar surface area (TPSA) is 47.3 Å². The maximum atomic E-state index is 6.27. The van der Waals surface area contributed by atoms with E-state index in [4.69, 9.17) is 22.1 Å². The van der Waals surface area contributed by atoms with Crippen molar-refractivity contribution < 1.29 is 4.74 Å². The molecule has 3 N–H and O–H groups in total. The van der Waals surface area contributed by atoms with Crippen LogP contribution in [0.3, 0.4) is 0 Å². The molecule has 0 aliphatic heterocycles. The highest BCUT2D eigenvalue weighted by Crippen LogP contribution is 2.39. The highest BCUT2D eigenvalue weighted by atomic mass is 35.5. The molecular weight excluding hydrogens is 224 g/mol. The molecule has 0 unspecified atom stereocenters. The molecule has 1 aromatic carbocycles. The number of ether oxygens (including phenoxy) is 1. The van der Waals surface area contributed by atoms with Gasteiger partial charge >= 0.3 is 0 Å². The van der Waals surface area contributed by atoms with E-state index in [1.807, 2.05) is 20.8 Å². The number of rotatable bonds is 4. The fraction of sp³-hybridized carbons (Fsp3) is 0.500. The zero-order valence-corrected chi connectivity index (χ0v) is 11.0. The van der Waals surface area contributed by atoms with Crippen LogP contribution in [0, 0.1) is 20.8 Å². The molecule has 16 heavy (non-hydrogen) atoms. The molecule has 0 atom stereocenters. The molecule has 0 amide bonds. The van der Waals surface area contributed by atoms with Crippen LogP contribution in [0.25, 0.3) is 0 Å². The van der Waals surface area contributed by atoms with Crippen LogP contribution in [0.15, 0.2) is 0 Å². The van der Waals surface area contributed by atoms with Crippen molar-refractivity contribution in [3.8, 4) is 5.75 Å². The van der Waals surface area contributed by atoms with E-state index in [2.05, 4.69) is 5.32 Å². The highest BCUT2D eigenvalue weighted by Gasteiger charge is 2.16. The first-order valence-corrected chi connectivity index (χ1v) is 5.69. The second-order valence-electron chi connectivity index (χ2n) is 3.81. The van der Waals surface area contributed by atoms with Crippen molar-refractivity contribution in [1.82, 2.24) is 0 Å². The van der Waals surface area contributed by atoms with Gasteiger partial charge in [-0.1, -0.05) is 11.6 Å².